The Morgan fingerprint density at radius 2 is 1.71 bits per heavy atom. The van der Waals surface area contributed by atoms with Gasteiger partial charge in [0.15, 0.2) is 0 Å². The van der Waals surface area contributed by atoms with Crippen molar-refractivity contribution in [3.05, 3.63) is 88.7 Å². The van der Waals surface area contributed by atoms with Crippen molar-refractivity contribution < 1.29 is 4.74 Å². The van der Waals surface area contributed by atoms with Crippen LogP contribution in [0.4, 0.5) is 5.82 Å². The van der Waals surface area contributed by atoms with Crippen LogP contribution in [0.15, 0.2) is 60.8 Å². The summed E-state index contributed by atoms with van der Waals surface area (Å²) >= 11 is 0. The van der Waals surface area contributed by atoms with E-state index in [4.69, 9.17) is 9.72 Å². The highest BCUT2D eigenvalue weighted by Crippen LogP contribution is 2.34. The number of ether oxygens (including phenoxy) is 1. The summed E-state index contributed by atoms with van der Waals surface area (Å²) in [4.78, 5) is 7.28. The molecule has 4 nitrogen and oxygen atoms in total. The first-order chi connectivity index (χ1) is 14.7. The Bertz CT molecular complexity index is 1210. The second-order valence-electron chi connectivity index (χ2n) is 8.11. The Balaban J connectivity index is 0.00000231. The van der Waals surface area contributed by atoms with Crippen LogP contribution in [0.1, 0.15) is 27.9 Å². The predicted octanol–water partition coefficient (Wildman–Crippen LogP) is 5.69. The summed E-state index contributed by atoms with van der Waals surface area (Å²) in [6, 6.07) is 19.3. The summed E-state index contributed by atoms with van der Waals surface area (Å²) in [6.45, 7) is 7.21. The largest absolute Gasteiger partial charge is 0.497 e. The number of aryl methyl sites for hydroxylation is 1. The van der Waals surface area contributed by atoms with E-state index in [0.717, 1.165) is 37.6 Å². The molecule has 0 saturated heterocycles. The molecule has 1 aliphatic heterocycles. The monoisotopic (exact) mass is 433 g/mol. The summed E-state index contributed by atoms with van der Waals surface area (Å²) in [7, 11) is 1.70. The Morgan fingerprint density at radius 1 is 0.968 bits per heavy atom. The minimum atomic E-state index is 0. The molecule has 2 aromatic carbocycles. The summed E-state index contributed by atoms with van der Waals surface area (Å²) in [5, 5.41) is 1.28. The number of halogens is 1. The second-order valence-corrected chi connectivity index (χ2v) is 8.11. The van der Waals surface area contributed by atoms with Gasteiger partial charge in [-0.2, -0.15) is 0 Å². The molecule has 4 aromatic rings. The Morgan fingerprint density at radius 3 is 2.45 bits per heavy atom. The number of hydrogen-bond acceptors (Lipinski definition) is 3. The molecule has 0 N–H and O–H groups in total. The van der Waals surface area contributed by atoms with Crippen LogP contribution < -0.4 is 9.64 Å². The SMILES string of the molecule is COc1ccc(Cn2c(C)c(C)c3c(N4CCc5ccccc5C4)nccc32)cc1.Cl. The fourth-order valence-electron chi connectivity index (χ4n) is 4.62. The first-order valence-electron chi connectivity index (χ1n) is 10.5. The summed E-state index contributed by atoms with van der Waals surface area (Å²) < 4.78 is 7.72. The van der Waals surface area contributed by atoms with E-state index in [1.54, 1.807) is 7.11 Å². The average molecular weight is 434 g/mol. The van der Waals surface area contributed by atoms with Gasteiger partial charge in [0.2, 0.25) is 0 Å². The maximum absolute atomic E-state index is 5.30. The van der Waals surface area contributed by atoms with Crippen molar-refractivity contribution in [2.24, 2.45) is 0 Å². The third-order valence-electron chi connectivity index (χ3n) is 6.45. The molecular formula is C26H28ClN3O. The predicted molar refractivity (Wildman–Crippen MR) is 130 cm³/mol. The maximum atomic E-state index is 5.30. The van der Waals surface area contributed by atoms with Crippen LogP contribution in [-0.2, 0) is 19.5 Å². The molecule has 5 heteroatoms. The van der Waals surface area contributed by atoms with Gasteiger partial charge in [0.25, 0.3) is 0 Å². The molecule has 31 heavy (non-hydrogen) atoms. The molecule has 2 aromatic heterocycles. The number of aromatic nitrogens is 2. The molecule has 0 bridgehead atoms. The van der Waals surface area contributed by atoms with Crippen LogP contribution in [0, 0.1) is 13.8 Å². The number of benzene rings is 2. The zero-order valence-corrected chi connectivity index (χ0v) is 19.1. The van der Waals surface area contributed by atoms with Gasteiger partial charge >= 0.3 is 0 Å². The van der Waals surface area contributed by atoms with E-state index in [0.29, 0.717) is 0 Å². The topological polar surface area (TPSA) is 30.3 Å². The molecule has 0 radical (unpaired) electrons. The van der Waals surface area contributed by atoms with Crippen LogP contribution in [0.25, 0.3) is 10.9 Å². The van der Waals surface area contributed by atoms with Gasteiger partial charge in [-0.1, -0.05) is 36.4 Å². The number of hydrogen-bond donors (Lipinski definition) is 0. The quantitative estimate of drug-likeness (QED) is 0.414. The highest BCUT2D eigenvalue weighted by atomic mass is 35.5. The Hall–Kier alpha value is -2.98. The highest BCUT2D eigenvalue weighted by molar-refractivity contribution is 5.95. The van der Waals surface area contributed by atoms with E-state index < -0.39 is 0 Å². The third kappa shape index (κ3) is 3.77. The standard InChI is InChI=1S/C26H27N3O.ClH/c1-18-19(2)29(16-20-8-10-23(30-3)11-9-20)24-12-14-27-26(25(18)24)28-15-13-21-6-4-5-7-22(21)17-28;/h4-12,14H,13,15-17H2,1-3H3;1H. The molecule has 0 aliphatic carbocycles. The van der Waals surface area contributed by atoms with Crippen molar-refractivity contribution in [2.45, 2.75) is 33.4 Å². The molecule has 3 heterocycles. The van der Waals surface area contributed by atoms with Gasteiger partial charge in [0.05, 0.1) is 12.6 Å². The van der Waals surface area contributed by atoms with Gasteiger partial charge in [-0.3, -0.25) is 0 Å². The van der Waals surface area contributed by atoms with Crippen LogP contribution in [-0.4, -0.2) is 23.2 Å². The summed E-state index contributed by atoms with van der Waals surface area (Å²) in [6.07, 6.45) is 3.03. The van der Waals surface area contributed by atoms with E-state index in [1.807, 2.05) is 18.3 Å². The minimum Gasteiger partial charge on any atom is -0.497 e. The molecule has 5 rings (SSSR count). The number of methoxy groups -OCH3 is 1. The van der Waals surface area contributed by atoms with Gasteiger partial charge in [-0.15, -0.1) is 12.4 Å². The molecule has 0 fully saturated rings. The third-order valence-corrected chi connectivity index (χ3v) is 6.45. The normalized spacial score (nSPS) is 13.1. The molecule has 160 valence electrons. The van der Waals surface area contributed by atoms with E-state index in [1.165, 1.54) is 38.9 Å². The second kappa shape index (κ2) is 8.64. The fourth-order valence-corrected chi connectivity index (χ4v) is 4.62. The van der Waals surface area contributed by atoms with Gasteiger partial charge in [0.1, 0.15) is 11.6 Å². The van der Waals surface area contributed by atoms with Gasteiger partial charge in [-0.25, -0.2) is 4.98 Å². The van der Waals surface area contributed by atoms with Gasteiger partial charge < -0.3 is 14.2 Å². The molecule has 0 saturated carbocycles. The van der Waals surface area contributed by atoms with Crippen LogP contribution in [0.5, 0.6) is 5.75 Å². The lowest BCUT2D eigenvalue weighted by molar-refractivity contribution is 0.414. The van der Waals surface area contributed by atoms with E-state index in [2.05, 4.69) is 65.8 Å². The van der Waals surface area contributed by atoms with Crippen LogP contribution >= 0.6 is 12.4 Å². The van der Waals surface area contributed by atoms with Gasteiger partial charge in [0, 0.05) is 36.9 Å². The molecule has 0 unspecified atom stereocenters. The number of anilines is 1. The van der Waals surface area contributed by atoms with Crippen LogP contribution in [0.2, 0.25) is 0 Å². The first kappa shape index (κ1) is 21.3. The van der Waals surface area contributed by atoms with E-state index >= 15 is 0 Å². The van der Waals surface area contributed by atoms with Crippen LogP contribution in [0.3, 0.4) is 0 Å². The Kier molecular flexibility index (Phi) is 5.92. The van der Waals surface area contributed by atoms with Crippen molar-refractivity contribution in [3.8, 4) is 5.75 Å². The number of fused-ring (bicyclic) bond motifs is 2. The smallest absolute Gasteiger partial charge is 0.138 e. The van der Waals surface area contributed by atoms with Crippen molar-refractivity contribution in [1.29, 1.82) is 0 Å². The molecule has 1 aliphatic rings. The Labute approximate surface area is 189 Å². The lowest BCUT2D eigenvalue weighted by atomic mass is 9.99. The molecule has 0 spiro atoms. The number of nitrogens with zero attached hydrogens (tertiary/aromatic N) is 3. The number of rotatable bonds is 4. The zero-order valence-electron chi connectivity index (χ0n) is 18.3. The van der Waals surface area contributed by atoms with Crippen molar-refractivity contribution in [2.75, 3.05) is 18.6 Å². The van der Waals surface area contributed by atoms with Crippen molar-refractivity contribution in [1.82, 2.24) is 9.55 Å². The molecular weight excluding hydrogens is 406 g/mol. The fraction of sp³-hybridized carbons (Fsp3) is 0.269. The van der Waals surface area contributed by atoms with E-state index in [9.17, 15) is 0 Å². The van der Waals surface area contributed by atoms with Crippen molar-refractivity contribution >= 4 is 29.1 Å². The lowest BCUT2D eigenvalue weighted by Crippen LogP contribution is -2.31. The highest BCUT2D eigenvalue weighted by Gasteiger charge is 2.22. The summed E-state index contributed by atoms with van der Waals surface area (Å²) in [5.41, 5.74) is 8.01. The number of pyridine rings is 1. The maximum Gasteiger partial charge on any atom is 0.138 e. The molecule has 0 atom stereocenters. The average Bonchev–Trinajstić information content (AvgIpc) is 3.04. The minimum absolute atomic E-state index is 0. The lowest BCUT2D eigenvalue weighted by Gasteiger charge is -2.30. The van der Waals surface area contributed by atoms with Crippen molar-refractivity contribution in [3.63, 3.8) is 0 Å². The van der Waals surface area contributed by atoms with Gasteiger partial charge in [-0.05, 0) is 60.7 Å². The molecule has 0 amide bonds. The zero-order chi connectivity index (χ0) is 20.7. The summed E-state index contributed by atoms with van der Waals surface area (Å²) in [5.74, 6) is 2.00. The van der Waals surface area contributed by atoms with E-state index in [-0.39, 0.29) is 12.4 Å². The first-order valence-corrected chi connectivity index (χ1v) is 10.5.